The maximum atomic E-state index is 7.45. The summed E-state index contributed by atoms with van der Waals surface area (Å²) in [6.07, 6.45) is 8.10. The maximum Gasteiger partial charge on any atom is 0.130 e. The summed E-state index contributed by atoms with van der Waals surface area (Å²) >= 11 is 0. The van der Waals surface area contributed by atoms with Crippen LogP contribution in [-0.4, -0.2) is 29.8 Å². The average Bonchev–Trinajstić information content (AvgIpc) is 2.65. The molecular formula is C19H23N5O. The Morgan fingerprint density at radius 3 is 2.72 bits per heavy atom. The largest absolute Gasteiger partial charge is 0.501 e. The van der Waals surface area contributed by atoms with Crippen molar-refractivity contribution in [2.75, 3.05) is 19.0 Å². The first-order valence-electron chi connectivity index (χ1n) is 8.08. The van der Waals surface area contributed by atoms with Gasteiger partial charge in [-0.2, -0.15) is 0 Å². The fourth-order valence-electron chi connectivity index (χ4n) is 2.15. The van der Waals surface area contributed by atoms with Gasteiger partial charge in [0, 0.05) is 37.6 Å². The summed E-state index contributed by atoms with van der Waals surface area (Å²) in [5, 5.41) is 13.7. The summed E-state index contributed by atoms with van der Waals surface area (Å²) in [7, 11) is 1.82. The molecule has 0 spiro atoms. The lowest BCUT2D eigenvalue weighted by molar-refractivity contribution is 0.272. The second-order valence-electron chi connectivity index (χ2n) is 5.17. The zero-order chi connectivity index (χ0) is 17.9. The standard InChI is InChI=1S/C19H23N5O/c1-3-25-9-8-18-10-19(24-14-23-18)22-12-15-4-6-16(7-5-15)17(11-20)13-21-2/h4-11,13-14,20-21H,3,12H2,1-2H3,(H,22,23,24)/b9-8+,17-13+,20-11?. The third-order valence-corrected chi connectivity index (χ3v) is 3.41. The van der Waals surface area contributed by atoms with Gasteiger partial charge in [-0.25, -0.2) is 9.97 Å². The van der Waals surface area contributed by atoms with Crippen molar-refractivity contribution in [2.24, 2.45) is 0 Å². The molecule has 0 aliphatic carbocycles. The predicted octanol–water partition coefficient (Wildman–Crippen LogP) is 3.31. The molecule has 2 aromatic rings. The van der Waals surface area contributed by atoms with Crippen LogP contribution >= 0.6 is 0 Å². The van der Waals surface area contributed by atoms with E-state index in [-0.39, 0.29) is 0 Å². The Morgan fingerprint density at radius 1 is 1.24 bits per heavy atom. The minimum Gasteiger partial charge on any atom is -0.501 e. The summed E-state index contributed by atoms with van der Waals surface area (Å²) < 4.78 is 5.18. The van der Waals surface area contributed by atoms with Crippen LogP contribution in [0.4, 0.5) is 5.82 Å². The molecule has 1 heterocycles. The van der Waals surface area contributed by atoms with E-state index in [1.807, 2.05) is 44.3 Å². The molecule has 2 rings (SSSR count). The van der Waals surface area contributed by atoms with Crippen LogP contribution in [0.3, 0.4) is 0 Å². The minimum atomic E-state index is 0.631. The van der Waals surface area contributed by atoms with E-state index in [9.17, 15) is 0 Å². The molecule has 0 unspecified atom stereocenters. The van der Waals surface area contributed by atoms with Crippen LogP contribution in [0.25, 0.3) is 11.6 Å². The highest BCUT2D eigenvalue weighted by Gasteiger charge is 2.00. The molecule has 1 aromatic carbocycles. The van der Waals surface area contributed by atoms with E-state index in [4.69, 9.17) is 10.1 Å². The van der Waals surface area contributed by atoms with E-state index in [1.165, 1.54) is 12.5 Å². The van der Waals surface area contributed by atoms with Gasteiger partial charge >= 0.3 is 0 Å². The van der Waals surface area contributed by atoms with E-state index in [0.29, 0.717) is 13.2 Å². The molecule has 0 fully saturated rings. The van der Waals surface area contributed by atoms with Gasteiger partial charge in [-0.15, -0.1) is 0 Å². The number of allylic oxidation sites excluding steroid dienone is 1. The Bertz CT molecular complexity index is 738. The number of nitrogens with one attached hydrogen (secondary N) is 3. The molecule has 1 aromatic heterocycles. The Hall–Kier alpha value is -3.15. The fraction of sp³-hybridized carbons (Fsp3) is 0.211. The molecular weight excluding hydrogens is 314 g/mol. The predicted molar refractivity (Wildman–Crippen MR) is 102 cm³/mol. The molecule has 0 aliphatic heterocycles. The monoisotopic (exact) mass is 337 g/mol. The Kier molecular flexibility index (Phi) is 7.18. The van der Waals surface area contributed by atoms with Gasteiger partial charge in [0.15, 0.2) is 0 Å². The molecule has 0 saturated carbocycles. The molecule has 3 N–H and O–H groups in total. The summed E-state index contributed by atoms with van der Waals surface area (Å²) in [4.78, 5) is 8.39. The zero-order valence-electron chi connectivity index (χ0n) is 14.5. The lowest BCUT2D eigenvalue weighted by Crippen LogP contribution is -2.02. The first-order valence-corrected chi connectivity index (χ1v) is 8.08. The number of benzene rings is 1. The lowest BCUT2D eigenvalue weighted by atomic mass is 10.1. The number of hydrogen-bond donors (Lipinski definition) is 3. The number of anilines is 1. The van der Waals surface area contributed by atoms with E-state index < -0.39 is 0 Å². The van der Waals surface area contributed by atoms with Gasteiger partial charge in [0.1, 0.15) is 12.1 Å². The number of ether oxygens (including phenoxy) is 1. The van der Waals surface area contributed by atoms with E-state index in [0.717, 1.165) is 28.2 Å². The maximum absolute atomic E-state index is 7.45. The molecule has 0 bridgehead atoms. The summed E-state index contributed by atoms with van der Waals surface area (Å²) in [5.74, 6) is 0.755. The van der Waals surface area contributed by atoms with Crippen molar-refractivity contribution in [1.82, 2.24) is 15.3 Å². The van der Waals surface area contributed by atoms with Crippen molar-refractivity contribution >= 4 is 23.7 Å². The third kappa shape index (κ3) is 5.76. The van der Waals surface area contributed by atoms with Gasteiger partial charge < -0.3 is 20.8 Å². The van der Waals surface area contributed by atoms with Gasteiger partial charge in [-0.1, -0.05) is 24.3 Å². The molecule has 0 radical (unpaired) electrons. The van der Waals surface area contributed by atoms with Crippen LogP contribution < -0.4 is 10.6 Å². The van der Waals surface area contributed by atoms with Gasteiger partial charge in [-0.05, 0) is 24.1 Å². The van der Waals surface area contributed by atoms with Crippen molar-refractivity contribution in [3.63, 3.8) is 0 Å². The summed E-state index contributed by atoms with van der Waals surface area (Å²) in [5.41, 5.74) is 3.75. The second kappa shape index (κ2) is 9.87. The molecule has 0 saturated heterocycles. The van der Waals surface area contributed by atoms with E-state index >= 15 is 0 Å². The normalized spacial score (nSPS) is 11.4. The van der Waals surface area contributed by atoms with Crippen LogP contribution in [0.15, 0.2) is 49.1 Å². The van der Waals surface area contributed by atoms with Crippen LogP contribution in [0.5, 0.6) is 0 Å². The van der Waals surface area contributed by atoms with Crippen LogP contribution in [0, 0.1) is 5.41 Å². The SMILES string of the molecule is CCO/C=C/c1cc(NCc2ccc(/C(C=N)=C/NC)cc2)ncn1. The Balaban J connectivity index is 1.98. The third-order valence-electron chi connectivity index (χ3n) is 3.41. The number of hydrogen-bond acceptors (Lipinski definition) is 6. The van der Waals surface area contributed by atoms with Crippen molar-refractivity contribution < 1.29 is 4.74 Å². The van der Waals surface area contributed by atoms with E-state index in [1.54, 1.807) is 18.5 Å². The molecule has 25 heavy (non-hydrogen) atoms. The van der Waals surface area contributed by atoms with Crippen LogP contribution in [0.2, 0.25) is 0 Å². The number of rotatable bonds is 9. The molecule has 130 valence electrons. The molecule has 0 atom stereocenters. The number of nitrogens with zero attached hydrogens (tertiary/aromatic N) is 2. The number of aromatic nitrogens is 2. The van der Waals surface area contributed by atoms with Crippen molar-refractivity contribution in [3.05, 3.63) is 65.9 Å². The minimum absolute atomic E-state index is 0.631. The molecule has 6 heteroatoms. The van der Waals surface area contributed by atoms with Crippen molar-refractivity contribution in [1.29, 1.82) is 5.41 Å². The highest BCUT2D eigenvalue weighted by molar-refractivity contribution is 6.08. The van der Waals surface area contributed by atoms with Gasteiger partial charge in [-0.3, -0.25) is 0 Å². The van der Waals surface area contributed by atoms with Gasteiger partial charge in [0.2, 0.25) is 0 Å². The van der Waals surface area contributed by atoms with Crippen molar-refractivity contribution in [2.45, 2.75) is 13.5 Å². The van der Waals surface area contributed by atoms with E-state index in [2.05, 4.69) is 20.6 Å². The average molecular weight is 337 g/mol. The molecule has 6 nitrogen and oxygen atoms in total. The lowest BCUT2D eigenvalue weighted by Gasteiger charge is -2.08. The summed E-state index contributed by atoms with van der Waals surface area (Å²) in [6, 6.07) is 9.94. The fourth-order valence-corrected chi connectivity index (χ4v) is 2.15. The summed E-state index contributed by atoms with van der Waals surface area (Å²) in [6.45, 7) is 3.22. The second-order valence-corrected chi connectivity index (χ2v) is 5.17. The topological polar surface area (TPSA) is 82.9 Å². The highest BCUT2D eigenvalue weighted by Crippen LogP contribution is 2.14. The van der Waals surface area contributed by atoms with Gasteiger partial charge in [0.25, 0.3) is 0 Å². The molecule has 0 aliphatic rings. The first-order chi connectivity index (χ1) is 12.3. The highest BCUT2D eigenvalue weighted by atomic mass is 16.5. The van der Waals surface area contributed by atoms with Crippen LogP contribution in [-0.2, 0) is 11.3 Å². The van der Waals surface area contributed by atoms with Crippen molar-refractivity contribution in [3.8, 4) is 0 Å². The smallest absolute Gasteiger partial charge is 0.130 e. The quantitative estimate of drug-likeness (QED) is 0.483. The zero-order valence-corrected chi connectivity index (χ0v) is 14.5. The Morgan fingerprint density at radius 2 is 2.04 bits per heavy atom. The first kappa shape index (κ1) is 18.2. The van der Waals surface area contributed by atoms with Crippen LogP contribution in [0.1, 0.15) is 23.7 Å². The Labute approximate surface area is 148 Å². The molecule has 0 amide bonds. The van der Waals surface area contributed by atoms with Gasteiger partial charge in [0.05, 0.1) is 18.6 Å².